The number of phenolic OH excluding ortho intramolecular Hbond substituents is 1. The highest BCUT2D eigenvalue weighted by Gasteiger charge is 2.09. The quantitative estimate of drug-likeness (QED) is 0.568. The first-order valence-corrected chi connectivity index (χ1v) is 8.63. The van der Waals surface area contributed by atoms with E-state index in [2.05, 4.69) is 15.0 Å². The molecule has 2 heterocycles. The van der Waals surface area contributed by atoms with E-state index < -0.39 is 5.69 Å². The Labute approximate surface area is 161 Å². The van der Waals surface area contributed by atoms with Crippen LogP contribution < -0.4 is 10.4 Å². The van der Waals surface area contributed by atoms with Gasteiger partial charge in [0.25, 0.3) is 0 Å². The van der Waals surface area contributed by atoms with Crippen molar-refractivity contribution in [2.45, 2.75) is 0 Å². The van der Waals surface area contributed by atoms with Crippen molar-refractivity contribution in [1.29, 1.82) is 0 Å². The first-order valence-electron chi connectivity index (χ1n) is 8.63. The minimum Gasteiger partial charge on any atom is -0.504 e. The van der Waals surface area contributed by atoms with E-state index in [-0.39, 0.29) is 5.75 Å². The van der Waals surface area contributed by atoms with Gasteiger partial charge in [-0.3, -0.25) is 4.98 Å². The van der Waals surface area contributed by atoms with Crippen LogP contribution in [0.3, 0.4) is 0 Å². The molecule has 0 spiro atoms. The number of methoxy groups -OCH3 is 1. The molecule has 138 valence electrons. The Morgan fingerprint density at radius 2 is 1.68 bits per heavy atom. The number of rotatable bonds is 4. The molecular formula is C22H17N3O3. The number of pyridine rings is 1. The number of aromatic amines is 1. The van der Waals surface area contributed by atoms with E-state index in [9.17, 15) is 9.90 Å². The van der Waals surface area contributed by atoms with Gasteiger partial charge >= 0.3 is 5.69 Å². The summed E-state index contributed by atoms with van der Waals surface area (Å²) in [6, 6.07) is 18.4. The largest absolute Gasteiger partial charge is 0.504 e. The number of nitrogens with one attached hydrogen (secondary N) is 1. The highest BCUT2D eigenvalue weighted by atomic mass is 16.5. The maximum absolute atomic E-state index is 12.1. The lowest BCUT2D eigenvalue weighted by Gasteiger charge is -2.08. The smallest absolute Gasteiger partial charge is 0.345 e. The van der Waals surface area contributed by atoms with Gasteiger partial charge in [-0.05, 0) is 47.0 Å². The van der Waals surface area contributed by atoms with Crippen molar-refractivity contribution >= 4 is 0 Å². The van der Waals surface area contributed by atoms with E-state index in [4.69, 9.17) is 4.74 Å². The first-order chi connectivity index (χ1) is 13.6. The van der Waals surface area contributed by atoms with Gasteiger partial charge in [0.2, 0.25) is 0 Å². The van der Waals surface area contributed by atoms with Crippen LogP contribution in [0, 0.1) is 0 Å². The monoisotopic (exact) mass is 371 g/mol. The molecule has 0 aliphatic heterocycles. The van der Waals surface area contributed by atoms with E-state index in [1.165, 1.54) is 13.2 Å². The topological polar surface area (TPSA) is 88.1 Å². The summed E-state index contributed by atoms with van der Waals surface area (Å²) in [6.45, 7) is 0. The van der Waals surface area contributed by atoms with Gasteiger partial charge in [-0.1, -0.05) is 30.3 Å². The molecule has 0 aliphatic rings. The third kappa shape index (κ3) is 3.48. The molecule has 0 unspecified atom stereocenters. The highest BCUT2D eigenvalue weighted by Crippen LogP contribution is 2.31. The SMILES string of the molecule is COc1cc(-c2cc(-c3ccc(-c4cccnc4)cc3)[nH]c(=O)n2)ccc1O. The number of hydrogen-bond donors (Lipinski definition) is 2. The maximum atomic E-state index is 12.1. The van der Waals surface area contributed by atoms with E-state index in [1.54, 1.807) is 30.6 Å². The van der Waals surface area contributed by atoms with Crippen LogP contribution in [0.15, 0.2) is 77.9 Å². The Morgan fingerprint density at radius 3 is 2.39 bits per heavy atom. The predicted molar refractivity (Wildman–Crippen MR) is 107 cm³/mol. The third-order valence-corrected chi connectivity index (χ3v) is 4.41. The number of aromatic hydroxyl groups is 1. The third-order valence-electron chi connectivity index (χ3n) is 4.41. The van der Waals surface area contributed by atoms with Gasteiger partial charge in [-0.15, -0.1) is 0 Å². The molecule has 6 heteroatoms. The molecule has 4 aromatic rings. The lowest BCUT2D eigenvalue weighted by atomic mass is 10.0. The zero-order valence-electron chi connectivity index (χ0n) is 15.1. The molecule has 0 amide bonds. The number of benzene rings is 2. The minimum atomic E-state index is -0.448. The predicted octanol–water partition coefficient (Wildman–Crippen LogP) is 3.88. The van der Waals surface area contributed by atoms with Crippen LogP contribution in [-0.2, 0) is 0 Å². The number of aromatic nitrogens is 3. The van der Waals surface area contributed by atoms with Crippen molar-refractivity contribution in [3.8, 4) is 45.1 Å². The first kappa shape index (κ1) is 17.5. The van der Waals surface area contributed by atoms with Crippen molar-refractivity contribution in [3.63, 3.8) is 0 Å². The number of ether oxygens (including phenoxy) is 1. The number of hydrogen-bond acceptors (Lipinski definition) is 5. The Morgan fingerprint density at radius 1 is 0.929 bits per heavy atom. The molecule has 0 aliphatic carbocycles. The molecule has 4 rings (SSSR count). The standard InChI is InChI=1S/C22H17N3O3/c1-28-21-11-16(8-9-20(21)26)19-12-18(24-22(27)25-19)15-6-4-14(5-7-15)17-3-2-10-23-13-17/h2-13,26H,1H3,(H,24,25,27). The van der Waals surface area contributed by atoms with Gasteiger partial charge in [-0.2, -0.15) is 4.98 Å². The van der Waals surface area contributed by atoms with E-state index in [0.29, 0.717) is 22.7 Å². The second kappa shape index (κ2) is 7.36. The Balaban J connectivity index is 1.72. The molecule has 0 saturated heterocycles. The summed E-state index contributed by atoms with van der Waals surface area (Å²) in [5, 5.41) is 9.77. The van der Waals surface area contributed by atoms with Crippen LogP contribution in [0.4, 0.5) is 0 Å². The van der Waals surface area contributed by atoms with Gasteiger partial charge in [-0.25, -0.2) is 4.79 Å². The zero-order chi connectivity index (χ0) is 19.5. The van der Waals surface area contributed by atoms with Crippen molar-refractivity contribution in [1.82, 2.24) is 15.0 Å². The minimum absolute atomic E-state index is 0.0299. The maximum Gasteiger partial charge on any atom is 0.345 e. The van der Waals surface area contributed by atoms with Crippen LogP contribution in [0.25, 0.3) is 33.6 Å². The molecule has 2 N–H and O–H groups in total. The molecule has 28 heavy (non-hydrogen) atoms. The van der Waals surface area contributed by atoms with Crippen LogP contribution >= 0.6 is 0 Å². The summed E-state index contributed by atoms with van der Waals surface area (Å²) in [5.74, 6) is 0.351. The lowest BCUT2D eigenvalue weighted by Crippen LogP contribution is -2.11. The summed E-state index contributed by atoms with van der Waals surface area (Å²) in [6.07, 6.45) is 3.54. The fourth-order valence-electron chi connectivity index (χ4n) is 2.97. The van der Waals surface area contributed by atoms with Crippen molar-refractivity contribution in [2.24, 2.45) is 0 Å². The Bertz CT molecular complexity index is 1170. The second-order valence-corrected chi connectivity index (χ2v) is 6.19. The average Bonchev–Trinajstić information content (AvgIpc) is 2.74. The van der Waals surface area contributed by atoms with E-state index in [1.807, 2.05) is 36.4 Å². The van der Waals surface area contributed by atoms with Gasteiger partial charge < -0.3 is 14.8 Å². The molecule has 0 atom stereocenters. The van der Waals surface area contributed by atoms with E-state index in [0.717, 1.165) is 16.7 Å². The molecule has 2 aromatic carbocycles. The summed E-state index contributed by atoms with van der Waals surface area (Å²) in [5.41, 5.74) is 4.29. The van der Waals surface area contributed by atoms with Crippen molar-refractivity contribution < 1.29 is 9.84 Å². The number of phenols is 1. The van der Waals surface area contributed by atoms with Crippen LogP contribution in [0.1, 0.15) is 0 Å². The van der Waals surface area contributed by atoms with Gasteiger partial charge in [0, 0.05) is 18.0 Å². The van der Waals surface area contributed by atoms with Crippen molar-refractivity contribution in [3.05, 3.63) is 83.5 Å². The van der Waals surface area contributed by atoms with Crippen LogP contribution in [-0.4, -0.2) is 27.2 Å². The summed E-state index contributed by atoms with van der Waals surface area (Å²) in [7, 11) is 1.47. The second-order valence-electron chi connectivity index (χ2n) is 6.19. The molecule has 0 bridgehead atoms. The molecule has 6 nitrogen and oxygen atoms in total. The normalized spacial score (nSPS) is 10.6. The van der Waals surface area contributed by atoms with E-state index >= 15 is 0 Å². The van der Waals surface area contributed by atoms with Gasteiger partial charge in [0.15, 0.2) is 11.5 Å². The number of H-pyrrole nitrogens is 1. The molecular weight excluding hydrogens is 354 g/mol. The van der Waals surface area contributed by atoms with Crippen molar-refractivity contribution in [2.75, 3.05) is 7.11 Å². The van der Waals surface area contributed by atoms with Crippen LogP contribution in [0.5, 0.6) is 11.5 Å². The van der Waals surface area contributed by atoms with Gasteiger partial charge in [0.1, 0.15) is 0 Å². The molecule has 0 saturated carbocycles. The summed E-state index contributed by atoms with van der Waals surface area (Å²) >= 11 is 0. The molecule has 2 aromatic heterocycles. The Kier molecular flexibility index (Phi) is 4.60. The summed E-state index contributed by atoms with van der Waals surface area (Å²) in [4.78, 5) is 23.1. The average molecular weight is 371 g/mol. The highest BCUT2D eigenvalue weighted by molar-refractivity contribution is 5.72. The molecule has 0 fully saturated rings. The summed E-state index contributed by atoms with van der Waals surface area (Å²) < 4.78 is 5.14. The number of nitrogens with zero attached hydrogens (tertiary/aromatic N) is 2. The fourth-order valence-corrected chi connectivity index (χ4v) is 2.97. The fraction of sp³-hybridized carbons (Fsp3) is 0.0455. The van der Waals surface area contributed by atoms with Gasteiger partial charge in [0.05, 0.1) is 18.5 Å². The molecule has 0 radical (unpaired) electrons. The Hall–Kier alpha value is -3.93. The zero-order valence-corrected chi connectivity index (χ0v) is 15.1. The lowest BCUT2D eigenvalue weighted by molar-refractivity contribution is 0.373. The van der Waals surface area contributed by atoms with Crippen LogP contribution in [0.2, 0.25) is 0 Å².